The van der Waals surface area contributed by atoms with Crippen LogP contribution in [0, 0.1) is 0 Å². The van der Waals surface area contributed by atoms with Crippen molar-refractivity contribution in [2.75, 3.05) is 0 Å². The average molecular weight is 312 g/mol. The van der Waals surface area contributed by atoms with E-state index in [9.17, 15) is 4.79 Å². The van der Waals surface area contributed by atoms with Crippen molar-refractivity contribution in [3.05, 3.63) is 106 Å². The third-order valence-electron chi connectivity index (χ3n) is 4.19. The second-order valence-corrected chi connectivity index (χ2v) is 5.80. The Morgan fingerprint density at radius 2 is 1.42 bits per heavy atom. The van der Waals surface area contributed by atoms with Crippen LogP contribution in [0.4, 0.5) is 0 Å². The van der Waals surface area contributed by atoms with E-state index in [-0.39, 0.29) is 5.63 Å². The number of benzene rings is 3. The van der Waals surface area contributed by atoms with Crippen LogP contribution < -0.4 is 5.63 Å². The second-order valence-electron chi connectivity index (χ2n) is 5.80. The summed E-state index contributed by atoms with van der Waals surface area (Å²) >= 11 is 0. The molecule has 1 aromatic heterocycles. The summed E-state index contributed by atoms with van der Waals surface area (Å²) in [6, 6.07) is 27.8. The highest BCUT2D eigenvalue weighted by Gasteiger charge is 2.11. The van der Waals surface area contributed by atoms with Gasteiger partial charge in [0.05, 0.1) is 5.56 Å². The van der Waals surface area contributed by atoms with Crippen molar-refractivity contribution in [3.63, 3.8) is 0 Å². The first kappa shape index (κ1) is 14.5. The quantitative estimate of drug-likeness (QED) is 0.495. The van der Waals surface area contributed by atoms with Crippen molar-refractivity contribution in [2.45, 2.75) is 6.42 Å². The number of fused-ring (bicyclic) bond motifs is 1. The van der Waals surface area contributed by atoms with Gasteiger partial charge in [0.25, 0.3) is 0 Å². The lowest BCUT2D eigenvalue weighted by Crippen LogP contribution is -2.04. The zero-order chi connectivity index (χ0) is 16.4. The Morgan fingerprint density at radius 1 is 0.708 bits per heavy atom. The van der Waals surface area contributed by atoms with Crippen molar-refractivity contribution < 1.29 is 4.42 Å². The lowest BCUT2D eigenvalue weighted by atomic mass is 9.95. The van der Waals surface area contributed by atoms with Gasteiger partial charge in [-0.3, -0.25) is 0 Å². The summed E-state index contributed by atoms with van der Waals surface area (Å²) in [5.74, 6) is 0. The van der Waals surface area contributed by atoms with Crippen LogP contribution in [0.3, 0.4) is 0 Å². The van der Waals surface area contributed by atoms with E-state index in [0.717, 1.165) is 22.9 Å². The first-order valence-corrected chi connectivity index (χ1v) is 7.96. The van der Waals surface area contributed by atoms with E-state index in [4.69, 9.17) is 4.42 Å². The first-order valence-electron chi connectivity index (χ1n) is 7.96. The molecule has 0 saturated heterocycles. The highest BCUT2D eigenvalue weighted by Crippen LogP contribution is 2.26. The van der Waals surface area contributed by atoms with E-state index in [1.165, 1.54) is 5.56 Å². The van der Waals surface area contributed by atoms with Gasteiger partial charge in [-0.25, -0.2) is 4.79 Å². The highest BCUT2D eigenvalue weighted by atomic mass is 16.4. The van der Waals surface area contributed by atoms with Gasteiger partial charge in [-0.15, -0.1) is 0 Å². The molecule has 3 aromatic carbocycles. The van der Waals surface area contributed by atoms with Gasteiger partial charge in [0.1, 0.15) is 5.58 Å². The van der Waals surface area contributed by atoms with Gasteiger partial charge in [0.2, 0.25) is 0 Å². The second kappa shape index (κ2) is 6.17. The summed E-state index contributed by atoms with van der Waals surface area (Å²) in [6.45, 7) is 0. The molecule has 0 N–H and O–H groups in total. The summed E-state index contributed by atoms with van der Waals surface area (Å²) in [5, 5.41) is 0.932. The number of rotatable bonds is 3. The Labute approximate surface area is 140 Å². The molecule has 0 spiro atoms. The van der Waals surface area contributed by atoms with E-state index in [0.29, 0.717) is 11.1 Å². The highest BCUT2D eigenvalue weighted by molar-refractivity contribution is 5.82. The number of hydrogen-bond donors (Lipinski definition) is 0. The SMILES string of the molecule is O=c1oc2ccccc2cc1-c1ccccc1Cc1ccccc1. The molecular weight excluding hydrogens is 296 g/mol. The van der Waals surface area contributed by atoms with Crippen molar-refractivity contribution in [2.24, 2.45) is 0 Å². The molecule has 2 heteroatoms. The van der Waals surface area contributed by atoms with Crippen molar-refractivity contribution >= 4 is 11.0 Å². The van der Waals surface area contributed by atoms with Crippen LogP contribution in [0.15, 0.2) is 94.1 Å². The van der Waals surface area contributed by atoms with Gasteiger partial charge in [-0.1, -0.05) is 72.8 Å². The monoisotopic (exact) mass is 312 g/mol. The van der Waals surface area contributed by atoms with Crippen molar-refractivity contribution in [1.29, 1.82) is 0 Å². The zero-order valence-corrected chi connectivity index (χ0v) is 13.1. The Morgan fingerprint density at radius 3 is 2.29 bits per heavy atom. The Hall–Kier alpha value is -3.13. The average Bonchev–Trinajstić information content (AvgIpc) is 2.63. The van der Waals surface area contributed by atoms with Gasteiger partial charge >= 0.3 is 5.63 Å². The Kier molecular flexibility index (Phi) is 3.72. The largest absolute Gasteiger partial charge is 0.422 e. The van der Waals surface area contributed by atoms with Gasteiger partial charge in [-0.05, 0) is 35.2 Å². The van der Waals surface area contributed by atoms with Crippen LogP contribution in [0.1, 0.15) is 11.1 Å². The third-order valence-corrected chi connectivity index (χ3v) is 4.19. The molecule has 0 aliphatic heterocycles. The molecule has 1 heterocycles. The molecule has 0 bridgehead atoms. The lowest BCUT2D eigenvalue weighted by molar-refractivity contribution is 0.563. The fraction of sp³-hybridized carbons (Fsp3) is 0.0455. The normalized spacial score (nSPS) is 10.8. The van der Waals surface area contributed by atoms with Crippen LogP contribution in [0.25, 0.3) is 22.1 Å². The third kappa shape index (κ3) is 2.74. The summed E-state index contributed by atoms with van der Waals surface area (Å²) in [5.41, 5.74) is 4.20. The number of para-hydroxylation sites is 1. The summed E-state index contributed by atoms with van der Waals surface area (Å²) in [7, 11) is 0. The molecule has 24 heavy (non-hydrogen) atoms. The Balaban J connectivity index is 1.85. The molecule has 4 rings (SSSR count). The van der Waals surface area contributed by atoms with E-state index < -0.39 is 0 Å². The van der Waals surface area contributed by atoms with E-state index >= 15 is 0 Å². The molecule has 0 atom stereocenters. The topological polar surface area (TPSA) is 30.2 Å². The molecule has 0 unspecified atom stereocenters. The van der Waals surface area contributed by atoms with E-state index in [2.05, 4.69) is 18.2 Å². The standard InChI is InChI=1S/C22H16O2/c23-22-20(15-18-11-5-7-13-21(18)24-22)19-12-6-4-10-17(19)14-16-8-2-1-3-9-16/h1-13,15H,14H2. The maximum Gasteiger partial charge on any atom is 0.344 e. The maximum atomic E-state index is 12.5. The van der Waals surface area contributed by atoms with Crippen molar-refractivity contribution in [1.82, 2.24) is 0 Å². The van der Waals surface area contributed by atoms with E-state index in [1.807, 2.05) is 66.7 Å². The first-order chi connectivity index (χ1) is 11.8. The zero-order valence-electron chi connectivity index (χ0n) is 13.1. The van der Waals surface area contributed by atoms with Crippen LogP contribution >= 0.6 is 0 Å². The van der Waals surface area contributed by atoms with Crippen LogP contribution in [-0.4, -0.2) is 0 Å². The lowest BCUT2D eigenvalue weighted by Gasteiger charge is -2.09. The fourth-order valence-corrected chi connectivity index (χ4v) is 3.00. The Bertz CT molecular complexity index is 1050. The molecule has 0 radical (unpaired) electrons. The van der Waals surface area contributed by atoms with Crippen molar-refractivity contribution in [3.8, 4) is 11.1 Å². The fourth-order valence-electron chi connectivity index (χ4n) is 3.00. The summed E-state index contributed by atoms with van der Waals surface area (Å²) in [4.78, 5) is 12.5. The number of hydrogen-bond acceptors (Lipinski definition) is 2. The molecule has 0 saturated carbocycles. The van der Waals surface area contributed by atoms with Gasteiger partial charge in [0, 0.05) is 5.39 Å². The molecule has 0 aliphatic rings. The maximum absolute atomic E-state index is 12.5. The van der Waals surface area contributed by atoms with Gasteiger partial charge < -0.3 is 4.42 Å². The van der Waals surface area contributed by atoms with Gasteiger partial charge in [-0.2, -0.15) is 0 Å². The molecule has 0 aliphatic carbocycles. The molecule has 116 valence electrons. The minimum absolute atomic E-state index is 0.297. The van der Waals surface area contributed by atoms with E-state index in [1.54, 1.807) is 0 Å². The predicted molar refractivity (Wildman–Crippen MR) is 97.2 cm³/mol. The molecule has 0 fully saturated rings. The van der Waals surface area contributed by atoms with Crippen LogP contribution in [-0.2, 0) is 6.42 Å². The molecule has 4 aromatic rings. The smallest absolute Gasteiger partial charge is 0.344 e. The minimum Gasteiger partial charge on any atom is -0.422 e. The predicted octanol–water partition coefficient (Wildman–Crippen LogP) is 5.05. The van der Waals surface area contributed by atoms with Crippen LogP contribution in [0.2, 0.25) is 0 Å². The summed E-state index contributed by atoms with van der Waals surface area (Å²) < 4.78 is 5.50. The molecular formula is C22H16O2. The van der Waals surface area contributed by atoms with Crippen LogP contribution in [0.5, 0.6) is 0 Å². The molecule has 2 nitrogen and oxygen atoms in total. The minimum atomic E-state index is -0.297. The van der Waals surface area contributed by atoms with Gasteiger partial charge in [0.15, 0.2) is 0 Å². The summed E-state index contributed by atoms with van der Waals surface area (Å²) in [6.07, 6.45) is 0.781. The molecule has 0 amide bonds.